The highest BCUT2D eigenvalue weighted by Crippen LogP contribution is 2.13. The predicted molar refractivity (Wildman–Crippen MR) is 85.7 cm³/mol. The Balaban J connectivity index is 2.11. The Morgan fingerprint density at radius 2 is 2.00 bits per heavy atom. The number of imidazole rings is 1. The number of ether oxygens (including phenoxy) is 1. The van der Waals surface area contributed by atoms with Gasteiger partial charge in [0, 0.05) is 13.6 Å². The van der Waals surface area contributed by atoms with E-state index in [1.807, 2.05) is 4.57 Å². The van der Waals surface area contributed by atoms with Gasteiger partial charge >= 0.3 is 5.69 Å². The second-order valence-corrected chi connectivity index (χ2v) is 6.56. The first-order valence-corrected chi connectivity index (χ1v) is 8.07. The van der Waals surface area contributed by atoms with Crippen LogP contribution in [0.4, 0.5) is 0 Å². The number of fused-ring (bicyclic) bond motifs is 1. The normalized spacial score (nSPS) is 16.5. The van der Waals surface area contributed by atoms with Crippen molar-refractivity contribution in [2.45, 2.75) is 26.9 Å². The third-order valence-corrected chi connectivity index (χ3v) is 4.24. The van der Waals surface area contributed by atoms with Gasteiger partial charge in [-0.3, -0.25) is 14.3 Å². The van der Waals surface area contributed by atoms with E-state index in [4.69, 9.17) is 4.74 Å². The maximum absolute atomic E-state index is 12.3. The van der Waals surface area contributed by atoms with Gasteiger partial charge in [0.05, 0.1) is 13.2 Å². The number of aromatic amines is 1. The van der Waals surface area contributed by atoms with Gasteiger partial charge in [0.2, 0.25) is 0 Å². The molecule has 0 spiro atoms. The number of aryl methyl sites for hydroxylation is 1. The highest BCUT2D eigenvalue weighted by Gasteiger charge is 2.22. The summed E-state index contributed by atoms with van der Waals surface area (Å²) >= 11 is 0. The highest BCUT2D eigenvalue weighted by atomic mass is 16.5. The van der Waals surface area contributed by atoms with Crippen molar-refractivity contribution in [3.05, 3.63) is 26.7 Å². The van der Waals surface area contributed by atoms with Crippen molar-refractivity contribution in [2.75, 3.05) is 26.3 Å². The van der Waals surface area contributed by atoms with E-state index in [1.165, 1.54) is 9.47 Å². The minimum atomic E-state index is -0.429. The number of hydrogen-bond donors (Lipinski definition) is 2. The molecule has 0 unspecified atom stereocenters. The average molecular weight is 322 g/mol. The smallest absolute Gasteiger partial charge is 0.329 e. The maximum atomic E-state index is 12.3. The fraction of sp³-hybridized carbons (Fsp3) is 0.667. The van der Waals surface area contributed by atoms with E-state index in [9.17, 15) is 9.59 Å². The van der Waals surface area contributed by atoms with Crippen LogP contribution in [0.2, 0.25) is 0 Å². The zero-order chi connectivity index (χ0) is 16.6. The van der Waals surface area contributed by atoms with Crippen molar-refractivity contribution in [2.24, 2.45) is 13.0 Å². The molecule has 1 aliphatic rings. The minimum absolute atomic E-state index is 0.362. The molecule has 8 nitrogen and oxygen atoms in total. The van der Waals surface area contributed by atoms with Gasteiger partial charge in [-0.25, -0.2) is 9.78 Å². The van der Waals surface area contributed by atoms with Gasteiger partial charge in [-0.1, -0.05) is 13.8 Å². The Kier molecular flexibility index (Phi) is 4.36. The highest BCUT2D eigenvalue weighted by molar-refractivity contribution is 5.70. The first kappa shape index (κ1) is 15.9. The molecule has 0 radical (unpaired) electrons. The quantitative estimate of drug-likeness (QED) is 0.717. The number of quaternary nitrogens is 1. The van der Waals surface area contributed by atoms with Gasteiger partial charge in [-0.05, 0) is 5.92 Å². The van der Waals surface area contributed by atoms with E-state index in [1.54, 1.807) is 7.05 Å². The van der Waals surface area contributed by atoms with Crippen molar-refractivity contribution in [1.29, 1.82) is 0 Å². The van der Waals surface area contributed by atoms with Crippen LogP contribution >= 0.6 is 0 Å². The fourth-order valence-electron chi connectivity index (χ4n) is 3.04. The molecule has 23 heavy (non-hydrogen) atoms. The van der Waals surface area contributed by atoms with E-state index in [0.717, 1.165) is 38.7 Å². The average Bonchev–Trinajstić information content (AvgIpc) is 2.84. The molecule has 3 rings (SSSR count). The van der Waals surface area contributed by atoms with E-state index in [0.29, 0.717) is 23.6 Å². The zero-order valence-corrected chi connectivity index (χ0v) is 13.9. The number of hydrogen-bond acceptors (Lipinski definition) is 4. The van der Waals surface area contributed by atoms with Crippen LogP contribution in [0.1, 0.15) is 19.7 Å². The molecule has 2 N–H and O–H groups in total. The van der Waals surface area contributed by atoms with Crippen LogP contribution in [0.15, 0.2) is 9.59 Å². The molecule has 1 saturated heterocycles. The zero-order valence-electron chi connectivity index (χ0n) is 13.9. The monoisotopic (exact) mass is 322 g/mol. The van der Waals surface area contributed by atoms with Gasteiger partial charge in [-0.2, -0.15) is 0 Å². The Bertz CT molecular complexity index is 811. The van der Waals surface area contributed by atoms with Crippen molar-refractivity contribution in [3.8, 4) is 0 Å². The lowest BCUT2D eigenvalue weighted by Gasteiger charge is -2.23. The summed E-state index contributed by atoms with van der Waals surface area (Å²) in [5.41, 5.74) is 0.159. The molecule has 1 aliphatic heterocycles. The molecule has 0 bridgehead atoms. The van der Waals surface area contributed by atoms with Crippen LogP contribution in [-0.4, -0.2) is 45.4 Å². The minimum Gasteiger partial charge on any atom is -0.370 e. The molecule has 2 aromatic rings. The summed E-state index contributed by atoms with van der Waals surface area (Å²) in [4.78, 5) is 32.5. The van der Waals surface area contributed by atoms with Crippen LogP contribution in [-0.2, 0) is 24.9 Å². The third-order valence-electron chi connectivity index (χ3n) is 4.24. The van der Waals surface area contributed by atoms with E-state index in [2.05, 4.69) is 23.8 Å². The van der Waals surface area contributed by atoms with Crippen molar-refractivity contribution in [1.82, 2.24) is 19.1 Å². The van der Waals surface area contributed by atoms with Crippen LogP contribution in [0.25, 0.3) is 11.2 Å². The Morgan fingerprint density at radius 3 is 2.65 bits per heavy atom. The number of morpholine rings is 1. The van der Waals surface area contributed by atoms with Gasteiger partial charge in [-0.15, -0.1) is 0 Å². The number of nitrogens with zero attached hydrogens (tertiary/aromatic N) is 3. The second-order valence-electron chi connectivity index (χ2n) is 6.56. The Labute approximate surface area is 133 Å². The molecule has 1 fully saturated rings. The summed E-state index contributed by atoms with van der Waals surface area (Å²) in [6.07, 6.45) is 0. The van der Waals surface area contributed by atoms with Crippen molar-refractivity contribution in [3.63, 3.8) is 0 Å². The molecule has 0 aromatic carbocycles. The molecular weight excluding hydrogens is 298 g/mol. The molecule has 8 heteroatoms. The van der Waals surface area contributed by atoms with E-state index < -0.39 is 5.69 Å². The summed E-state index contributed by atoms with van der Waals surface area (Å²) in [5.74, 6) is 1.24. The van der Waals surface area contributed by atoms with Crippen LogP contribution < -0.4 is 16.1 Å². The van der Waals surface area contributed by atoms with Crippen LogP contribution in [0.3, 0.4) is 0 Å². The van der Waals surface area contributed by atoms with Crippen LogP contribution in [0.5, 0.6) is 0 Å². The third kappa shape index (κ3) is 3.09. The second kappa shape index (κ2) is 6.29. The van der Waals surface area contributed by atoms with Crippen molar-refractivity contribution < 1.29 is 9.64 Å². The topological polar surface area (TPSA) is 86.3 Å². The number of nitrogens with one attached hydrogen (secondary N) is 2. The number of H-pyrrole nitrogens is 1. The van der Waals surface area contributed by atoms with Gasteiger partial charge in [0.15, 0.2) is 17.0 Å². The molecule has 3 heterocycles. The molecule has 0 atom stereocenters. The SMILES string of the molecule is CC(C)Cn1c(C[NH+]2CCOCC2)nc2c1c(=O)[nH]c(=O)n2C. The van der Waals surface area contributed by atoms with Crippen molar-refractivity contribution >= 4 is 11.2 Å². The standard InChI is InChI=1S/C15H23N5O3/c1-10(2)8-20-11(9-19-4-6-23-7-5-19)16-13-12(20)14(21)17-15(22)18(13)3/h10H,4-9H2,1-3H3,(H,17,21,22)/p+1. The summed E-state index contributed by atoms with van der Waals surface area (Å²) in [6, 6.07) is 0. The first-order valence-electron chi connectivity index (χ1n) is 8.07. The van der Waals surface area contributed by atoms with Crippen LogP contribution in [0, 0.1) is 5.92 Å². The lowest BCUT2D eigenvalue weighted by molar-refractivity contribution is -0.922. The van der Waals surface area contributed by atoms with Gasteiger partial charge in [0.1, 0.15) is 19.6 Å². The lowest BCUT2D eigenvalue weighted by Crippen LogP contribution is -3.12. The fourth-order valence-corrected chi connectivity index (χ4v) is 3.04. The Hall–Kier alpha value is -1.93. The maximum Gasteiger partial charge on any atom is 0.329 e. The lowest BCUT2D eigenvalue weighted by atomic mass is 10.2. The number of rotatable bonds is 4. The first-order chi connectivity index (χ1) is 11.0. The molecule has 0 aliphatic carbocycles. The summed E-state index contributed by atoms with van der Waals surface area (Å²) in [7, 11) is 1.64. The van der Waals surface area contributed by atoms with Gasteiger partial charge in [0.25, 0.3) is 5.56 Å². The molecule has 0 saturated carbocycles. The summed E-state index contributed by atoms with van der Waals surface area (Å²) in [5, 5.41) is 0. The predicted octanol–water partition coefficient (Wildman–Crippen LogP) is -1.51. The Morgan fingerprint density at radius 1 is 1.30 bits per heavy atom. The number of aromatic nitrogens is 4. The van der Waals surface area contributed by atoms with E-state index >= 15 is 0 Å². The molecule has 126 valence electrons. The molecular formula is C15H24N5O3+. The summed E-state index contributed by atoms with van der Waals surface area (Å²) in [6.45, 7) is 9.01. The van der Waals surface area contributed by atoms with Gasteiger partial charge < -0.3 is 14.2 Å². The largest absolute Gasteiger partial charge is 0.370 e. The van der Waals surface area contributed by atoms with E-state index in [-0.39, 0.29) is 5.56 Å². The molecule has 2 aromatic heterocycles. The summed E-state index contributed by atoms with van der Waals surface area (Å²) < 4.78 is 8.78. The molecule has 0 amide bonds.